The molecule has 4 aliphatic rings. The lowest BCUT2D eigenvalue weighted by molar-refractivity contribution is -0.157. The number of aliphatic hydroxyl groups is 1. The van der Waals surface area contributed by atoms with Crippen molar-refractivity contribution in [3.63, 3.8) is 0 Å². The summed E-state index contributed by atoms with van der Waals surface area (Å²) in [5, 5.41) is 19.3. The number of allylic oxidation sites excluding steroid dienone is 6. The van der Waals surface area contributed by atoms with E-state index in [1.165, 1.54) is 6.33 Å². The minimum Gasteiger partial charge on any atom is -0.465 e. The van der Waals surface area contributed by atoms with Crippen molar-refractivity contribution in [3.8, 4) is 11.3 Å². The number of aliphatic hydroxyl groups excluding tert-OH is 1. The molecule has 3 aliphatic heterocycles. The zero-order chi connectivity index (χ0) is 84.5. The van der Waals surface area contributed by atoms with Gasteiger partial charge < -0.3 is 92.9 Å². The summed E-state index contributed by atoms with van der Waals surface area (Å²) in [6, 6.07) is 5.53. The van der Waals surface area contributed by atoms with Crippen LogP contribution in [0.15, 0.2) is 82.7 Å². The number of nitrogens with zero attached hydrogens (tertiary/aromatic N) is 9. The topological polar surface area (TPSA) is 399 Å². The van der Waals surface area contributed by atoms with Crippen molar-refractivity contribution in [1.29, 1.82) is 0 Å². The Morgan fingerprint density at radius 1 is 0.714 bits per heavy atom. The number of alkyl carbamates (subject to hydrolysis) is 1. The summed E-state index contributed by atoms with van der Waals surface area (Å²) in [5.74, 6) is 0.449. The second kappa shape index (κ2) is 51.9. The van der Waals surface area contributed by atoms with Gasteiger partial charge in [-0.2, -0.15) is 10.1 Å². The van der Waals surface area contributed by atoms with Crippen LogP contribution in [0.1, 0.15) is 167 Å². The van der Waals surface area contributed by atoms with Gasteiger partial charge in [-0.15, -0.1) is 0 Å². The van der Waals surface area contributed by atoms with Gasteiger partial charge in [-0.3, -0.25) is 24.0 Å². The van der Waals surface area contributed by atoms with E-state index in [0.717, 1.165) is 105 Å². The van der Waals surface area contributed by atoms with E-state index in [2.05, 4.69) is 45.2 Å². The number of anilines is 2. The summed E-state index contributed by atoms with van der Waals surface area (Å²) in [6.45, 7) is 19.5. The van der Waals surface area contributed by atoms with Crippen molar-refractivity contribution in [2.45, 2.75) is 206 Å². The lowest BCUT2D eigenvalue weighted by Gasteiger charge is -2.33. The molecule has 2 unspecified atom stereocenters. The van der Waals surface area contributed by atoms with Crippen LogP contribution in [0.4, 0.5) is 16.6 Å². The van der Waals surface area contributed by atoms with E-state index in [1.54, 1.807) is 33.9 Å². The largest absolute Gasteiger partial charge is 0.465 e. The van der Waals surface area contributed by atoms with E-state index in [4.69, 9.17) is 82.8 Å². The highest BCUT2D eigenvalue weighted by molar-refractivity contribution is 6.37. The highest BCUT2D eigenvalue weighted by Gasteiger charge is 2.36. The quantitative estimate of drug-likeness (QED) is 0.00924. The zero-order valence-electron chi connectivity index (χ0n) is 70.6. The third-order valence-electron chi connectivity index (χ3n) is 22.1. The van der Waals surface area contributed by atoms with Crippen molar-refractivity contribution in [3.05, 3.63) is 95.4 Å². The molecule has 1 aromatic carbocycles. The van der Waals surface area contributed by atoms with Crippen molar-refractivity contribution in [2.24, 2.45) is 23.7 Å². The molecule has 32 heteroatoms. The molecule has 5 aromatic rings. The number of hydrogen-bond donors (Lipinski definition) is 4. The Bertz CT molecular complexity index is 4060. The number of methoxy groups -OCH3 is 1. The lowest BCUT2D eigenvalue weighted by atomic mass is 9.83. The lowest BCUT2D eigenvalue weighted by Crippen LogP contribution is -2.46. The summed E-state index contributed by atoms with van der Waals surface area (Å²) >= 11 is 0. The minimum atomic E-state index is -0.882. The van der Waals surface area contributed by atoms with Crippen LogP contribution in [0.2, 0.25) is 0 Å². The number of carbonyl (C=O) groups is 6. The number of amides is 3. The van der Waals surface area contributed by atoms with Crippen molar-refractivity contribution in [1.82, 2.24) is 49.8 Å². The van der Waals surface area contributed by atoms with Crippen molar-refractivity contribution >= 4 is 69.9 Å². The third-order valence-corrected chi connectivity index (χ3v) is 22.1. The third kappa shape index (κ3) is 32.4. The van der Waals surface area contributed by atoms with E-state index in [0.29, 0.717) is 210 Å². The maximum atomic E-state index is 13.3. The molecule has 1 saturated carbocycles. The second-order valence-electron chi connectivity index (χ2n) is 31.4. The smallest absolute Gasteiger partial charge is 0.407 e. The number of ketones is 2. The predicted octanol–water partition coefficient (Wildman–Crippen LogP) is 9.98. The van der Waals surface area contributed by atoms with Crippen LogP contribution >= 0.6 is 0 Å². The summed E-state index contributed by atoms with van der Waals surface area (Å²) in [6.07, 6.45) is 26.1. The number of rotatable bonds is 55. The van der Waals surface area contributed by atoms with Gasteiger partial charge in [0.2, 0.25) is 11.7 Å². The molecule has 0 spiro atoms. The number of aromatic nitrogens is 7. The summed E-state index contributed by atoms with van der Waals surface area (Å²) in [4.78, 5) is 102. The number of benzene rings is 1. The average Bonchev–Trinajstić information content (AvgIpc) is 1.61. The molecule has 2 saturated heterocycles. The van der Waals surface area contributed by atoms with Gasteiger partial charge in [0, 0.05) is 82.3 Å². The van der Waals surface area contributed by atoms with Gasteiger partial charge in [-0.25, -0.2) is 29.4 Å². The predicted molar refractivity (Wildman–Crippen MR) is 445 cm³/mol. The van der Waals surface area contributed by atoms with E-state index < -0.39 is 30.0 Å². The van der Waals surface area contributed by atoms with Crippen LogP contribution in [0.5, 0.6) is 0 Å². The Morgan fingerprint density at radius 2 is 1.39 bits per heavy atom. The van der Waals surface area contributed by atoms with Gasteiger partial charge >= 0.3 is 6.09 Å². The fourth-order valence-corrected chi connectivity index (χ4v) is 15.3. The SMILES string of the molecule is CO[C@@H](CC1CCCC(C(=O)C(=O)N2CCCCC2)O1)/C(C)=C/C=C/C=C/[C@@H](C)C[C@@H](C)C(=O)C[C@H](O)/C(C)=C/[C@@H](C)CC[C@@H](CC[C@H]1CC[C@H](OC(=O)NCCOCCOCCOCCOCCOCCOCCOCCOCCC(=O)N2CCc3nc(Cn4nc(-c5ccc6oc(N)nc6c5)c5c(N)ncnc54)ncc3C2)CC1)OC=O. The van der Waals surface area contributed by atoms with E-state index in [1.807, 2.05) is 63.3 Å². The summed E-state index contributed by atoms with van der Waals surface area (Å²) in [7, 11) is 1.67. The molecule has 119 heavy (non-hydrogen) atoms. The highest BCUT2D eigenvalue weighted by Crippen LogP contribution is 2.35. The molecule has 0 bridgehead atoms. The number of nitrogens with two attached hydrogens (primary N) is 2. The molecule has 7 heterocycles. The first kappa shape index (κ1) is 94.3. The van der Waals surface area contributed by atoms with Crippen LogP contribution in [0.3, 0.4) is 0 Å². The average molecular weight is 1660 g/mol. The number of piperidine rings is 1. The van der Waals surface area contributed by atoms with E-state index >= 15 is 0 Å². The number of Topliss-reactive ketones (excluding diaryl/α,β-unsaturated/α-hetero) is 2. The zero-order valence-corrected chi connectivity index (χ0v) is 70.6. The van der Waals surface area contributed by atoms with Gasteiger partial charge in [0.25, 0.3) is 18.4 Å². The number of oxazole rings is 1. The van der Waals surface area contributed by atoms with Gasteiger partial charge in [0.05, 0.1) is 142 Å². The molecule has 8 atom stereocenters. The highest BCUT2D eigenvalue weighted by atomic mass is 16.6. The Morgan fingerprint density at radius 3 is 2.06 bits per heavy atom. The maximum absolute atomic E-state index is 13.3. The van der Waals surface area contributed by atoms with E-state index in [9.17, 15) is 33.9 Å². The number of ether oxygens (including phenoxy) is 12. The van der Waals surface area contributed by atoms with Crippen molar-refractivity contribution < 1.29 is 95.1 Å². The molecule has 9 rings (SSSR count). The molecule has 3 amide bonds. The number of nitrogen functional groups attached to an aromatic ring is 2. The number of fused-ring (bicyclic) bond motifs is 3. The van der Waals surface area contributed by atoms with Gasteiger partial charge in [-0.05, 0) is 157 Å². The molecule has 656 valence electrons. The maximum Gasteiger partial charge on any atom is 0.407 e. The first-order valence-electron chi connectivity index (χ1n) is 42.6. The Labute approximate surface area is 698 Å². The molecule has 1 aliphatic carbocycles. The molecular weight excluding hydrogens is 1530 g/mol. The van der Waals surface area contributed by atoms with Crippen LogP contribution in [-0.4, -0.2) is 261 Å². The normalized spacial score (nSPS) is 19.1. The molecule has 32 nitrogen and oxygen atoms in total. The van der Waals surface area contributed by atoms with Gasteiger partial charge in [-0.1, -0.05) is 57.2 Å². The summed E-state index contributed by atoms with van der Waals surface area (Å²) < 4.78 is 75.2. The number of carbonyl (C=O) groups excluding carboxylic acids is 6. The molecular formula is C87H128N12O20. The van der Waals surface area contributed by atoms with Gasteiger partial charge in [0.1, 0.15) is 59.8 Å². The Hall–Kier alpha value is -8.54. The molecule has 3 fully saturated rings. The Kier molecular flexibility index (Phi) is 41.2. The Balaban J connectivity index is 0.495. The molecule has 4 aromatic heterocycles. The van der Waals surface area contributed by atoms with Gasteiger partial charge in [0.15, 0.2) is 11.2 Å². The van der Waals surface area contributed by atoms with E-state index in [-0.39, 0.29) is 91.7 Å². The standard InChI is InChI=1S/C87H128N12O20/c1-60(14-9-7-10-15-62(3)77(107-6)53-70-16-13-17-76(117-70)82(104)85(105)97-31-11-8-12-32-97)50-63(4)73(101)54-74(102)64(5)51-61(2)18-23-68(116-59-100)24-19-65-20-25-69(26-21-65)118-87(106)90-30-35-109-37-39-111-41-43-113-45-47-115-49-48-114-46-44-112-42-40-110-38-36-108-34-29-79(103)98-33-28-71-67(56-98)55-91-78(94-71)57-99-84-80(83(88)92-58-93-84)81(96-99)66-22-27-75-72(52-66)95-86(89)119-75/h7,9-10,14-15,22,27,51-52,55,58-61,63,65,68-70,74,76-77,102H,8,11-13,16-21,23-26,28-50,53-54,56-57H2,1-6H3,(H2,89,95)(H,90,106)(H2,88,92,93)/b10-7+,14-9+,62-15+,64-51+/t60-,61+,63-,65-,68+,69-,70?,74+,76?,77+/m1/s1. The minimum absolute atomic E-state index is 0.00434. The van der Waals surface area contributed by atoms with Crippen LogP contribution in [-0.2, 0) is 100 Å². The number of nitrogens with one attached hydrogen (secondary N) is 1. The van der Waals surface area contributed by atoms with Crippen molar-refractivity contribution in [2.75, 3.05) is 150 Å². The van der Waals surface area contributed by atoms with Crippen LogP contribution in [0, 0.1) is 23.7 Å². The monoisotopic (exact) mass is 1660 g/mol. The fraction of sp³-hybridized carbons (Fsp3) is 0.655. The van der Waals surface area contributed by atoms with Crippen LogP contribution < -0.4 is 16.8 Å². The summed E-state index contributed by atoms with van der Waals surface area (Å²) in [5.41, 5.74) is 18.7. The molecule has 6 N–H and O–H groups in total. The molecule has 0 radical (unpaired) electrons. The first-order valence-corrected chi connectivity index (χ1v) is 42.6. The first-order chi connectivity index (χ1) is 57.8. The number of hydrogen-bond acceptors (Lipinski definition) is 28. The fourth-order valence-electron chi connectivity index (χ4n) is 15.3. The second-order valence-corrected chi connectivity index (χ2v) is 31.4. The van der Waals surface area contributed by atoms with Crippen LogP contribution in [0.25, 0.3) is 33.4 Å². The number of likely N-dealkylation sites (tertiary alicyclic amines) is 1.